The first kappa shape index (κ1) is 18.6. The van der Waals surface area contributed by atoms with Crippen LogP contribution in [0.5, 0.6) is 11.5 Å². The molecular formula is C24H23ClN2O. The Hall–Kier alpha value is -2.75. The smallest absolute Gasteiger partial charge is 0.127 e. The van der Waals surface area contributed by atoms with E-state index < -0.39 is 0 Å². The van der Waals surface area contributed by atoms with Crippen molar-refractivity contribution in [2.75, 3.05) is 6.54 Å². The molecule has 0 spiro atoms. The average Bonchev–Trinajstić information content (AvgIpc) is 3.07. The third kappa shape index (κ3) is 3.77. The van der Waals surface area contributed by atoms with Crippen molar-refractivity contribution in [2.45, 2.75) is 19.5 Å². The maximum Gasteiger partial charge on any atom is 0.127 e. The van der Waals surface area contributed by atoms with Crippen LogP contribution in [0.25, 0.3) is 10.9 Å². The highest BCUT2D eigenvalue weighted by molar-refractivity contribution is 5.86. The van der Waals surface area contributed by atoms with Gasteiger partial charge >= 0.3 is 0 Å². The number of benzene rings is 3. The van der Waals surface area contributed by atoms with Crippen LogP contribution in [0, 0.1) is 0 Å². The van der Waals surface area contributed by atoms with Crippen molar-refractivity contribution >= 4 is 23.3 Å². The number of aromatic nitrogens is 1. The Morgan fingerprint density at radius 1 is 0.857 bits per heavy atom. The summed E-state index contributed by atoms with van der Waals surface area (Å²) in [7, 11) is 0. The topological polar surface area (TPSA) is 27.8 Å². The zero-order valence-electron chi connectivity index (χ0n) is 15.6. The van der Waals surface area contributed by atoms with Crippen LogP contribution < -0.4 is 14.6 Å². The summed E-state index contributed by atoms with van der Waals surface area (Å²) in [5.74, 6) is 1.74. The SMILES string of the molecule is Cl.c1ccc(C[NH+]2CCc3[n-]c4ccc(Oc5ccccc5)cc4c3C2)cc1. The van der Waals surface area contributed by atoms with Crippen molar-refractivity contribution < 1.29 is 9.64 Å². The van der Waals surface area contributed by atoms with Crippen LogP contribution in [0.1, 0.15) is 16.8 Å². The summed E-state index contributed by atoms with van der Waals surface area (Å²) in [6.07, 6.45) is 1.04. The Labute approximate surface area is 171 Å². The molecule has 4 aromatic rings. The summed E-state index contributed by atoms with van der Waals surface area (Å²) in [6, 6.07) is 27.0. The van der Waals surface area contributed by atoms with Gasteiger partial charge in [-0.2, -0.15) is 0 Å². The number of nitrogens with one attached hydrogen (secondary N) is 1. The normalized spacial score (nSPS) is 15.6. The Balaban J connectivity index is 0.00000192. The molecule has 1 atom stereocenters. The molecule has 0 radical (unpaired) electrons. The number of halogens is 1. The Morgan fingerprint density at radius 2 is 1.61 bits per heavy atom. The number of fused-ring (bicyclic) bond motifs is 3. The largest absolute Gasteiger partial charge is 0.660 e. The van der Waals surface area contributed by atoms with Crippen LogP contribution in [-0.4, -0.2) is 6.54 Å². The monoisotopic (exact) mass is 390 g/mol. The highest BCUT2D eigenvalue weighted by atomic mass is 35.5. The molecule has 0 saturated carbocycles. The van der Waals surface area contributed by atoms with Crippen LogP contribution in [0.4, 0.5) is 0 Å². The second-order valence-corrected chi connectivity index (χ2v) is 7.22. The molecule has 4 heteroatoms. The van der Waals surface area contributed by atoms with Gasteiger partial charge in [0, 0.05) is 12.0 Å². The molecule has 5 rings (SSSR count). The van der Waals surface area contributed by atoms with Crippen LogP contribution in [0.15, 0.2) is 78.9 Å². The molecular weight excluding hydrogens is 368 g/mol. The molecule has 3 nitrogen and oxygen atoms in total. The lowest BCUT2D eigenvalue weighted by molar-refractivity contribution is -0.929. The number of hydrogen-bond donors (Lipinski definition) is 1. The van der Waals surface area contributed by atoms with Gasteiger partial charge in [-0.1, -0.05) is 54.6 Å². The van der Waals surface area contributed by atoms with Gasteiger partial charge in [-0.25, -0.2) is 0 Å². The average molecular weight is 391 g/mol. The van der Waals surface area contributed by atoms with Crippen molar-refractivity contribution in [3.8, 4) is 11.5 Å². The zero-order valence-corrected chi connectivity index (χ0v) is 16.4. The predicted octanol–water partition coefficient (Wildman–Crippen LogP) is 4.15. The second kappa shape index (κ2) is 8.09. The molecule has 0 aliphatic carbocycles. The van der Waals surface area contributed by atoms with E-state index in [2.05, 4.69) is 42.5 Å². The van der Waals surface area contributed by atoms with Gasteiger partial charge in [0.2, 0.25) is 0 Å². The molecule has 0 saturated heterocycles. The van der Waals surface area contributed by atoms with E-state index in [0.29, 0.717) is 0 Å². The lowest BCUT2D eigenvalue weighted by atomic mass is 10.0. The summed E-state index contributed by atoms with van der Waals surface area (Å²) in [4.78, 5) is 6.47. The summed E-state index contributed by atoms with van der Waals surface area (Å²) >= 11 is 0. The molecule has 1 unspecified atom stereocenters. The minimum Gasteiger partial charge on any atom is -0.660 e. The van der Waals surface area contributed by atoms with Crippen molar-refractivity contribution in [1.29, 1.82) is 0 Å². The van der Waals surface area contributed by atoms with E-state index >= 15 is 0 Å². The molecule has 142 valence electrons. The molecule has 0 amide bonds. The van der Waals surface area contributed by atoms with Gasteiger partial charge in [0.25, 0.3) is 0 Å². The van der Waals surface area contributed by atoms with Crippen LogP contribution >= 0.6 is 12.4 Å². The minimum atomic E-state index is 0. The first-order valence-corrected chi connectivity index (χ1v) is 9.54. The zero-order chi connectivity index (χ0) is 18.1. The quantitative estimate of drug-likeness (QED) is 0.566. The standard InChI is InChI=1S/C24H21N2O.ClH/c1-3-7-18(8-4-1)16-26-14-13-24-22(17-26)21-15-20(11-12-23(21)25-24)27-19-9-5-2-6-10-19;/h1-12,15H,13-14,16-17H2;1H/q-1;/p+1. The fourth-order valence-electron chi connectivity index (χ4n) is 3.98. The van der Waals surface area contributed by atoms with E-state index in [9.17, 15) is 0 Å². The lowest BCUT2D eigenvalue weighted by Crippen LogP contribution is -3.10. The Morgan fingerprint density at radius 3 is 2.39 bits per heavy atom. The van der Waals surface area contributed by atoms with E-state index in [1.807, 2.05) is 36.4 Å². The van der Waals surface area contributed by atoms with Gasteiger partial charge < -0.3 is 14.6 Å². The van der Waals surface area contributed by atoms with Crippen LogP contribution in [0.2, 0.25) is 0 Å². The van der Waals surface area contributed by atoms with E-state index in [4.69, 9.17) is 9.72 Å². The van der Waals surface area contributed by atoms with E-state index in [-0.39, 0.29) is 12.4 Å². The predicted molar refractivity (Wildman–Crippen MR) is 114 cm³/mol. The van der Waals surface area contributed by atoms with Gasteiger partial charge in [0.15, 0.2) is 0 Å². The summed E-state index contributed by atoms with van der Waals surface area (Å²) in [6.45, 7) is 3.22. The molecule has 1 aliphatic heterocycles. The molecule has 0 bridgehead atoms. The van der Waals surface area contributed by atoms with Crippen molar-refractivity contribution in [3.05, 3.63) is 95.7 Å². The fourth-order valence-corrected chi connectivity index (χ4v) is 3.98. The van der Waals surface area contributed by atoms with E-state index in [0.717, 1.165) is 43.1 Å². The number of rotatable bonds is 4. The highest BCUT2D eigenvalue weighted by Gasteiger charge is 2.19. The van der Waals surface area contributed by atoms with Gasteiger partial charge in [-0.05, 0) is 35.2 Å². The Bertz CT molecular complexity index is 1060. The maximum absolute atomic E-state index is 6.03. The van der Waals surface area contributed by atoms with Crippen LogP contribution in [-0.2, 0) is 19.5 Å². The third-order valence-corrected chi connectivity index (χ3v) is 5.31. The lowest BCUT2D eigenvalue weighted by Gasteiger charge is -2.27. The van der Waals surface area contributed by atoms with Crippen LogP contribution in [0.3, 0.4) is 0 Å². The molecule has 1 aromatic heterocycles. The molecule has 28 heavy (non-hydrogen) atoms. The minimum absolute atomic E-state index is 0. The van der Waals surface area contributed by atoms with Gasteiger partial charge in [0.1, 0.15) is 24.6 Å². The molecule has 0 fully saturated rings. The second-order valence-electron chi connectivity index (χ2n) is 7.22. The van der Waals surface area contributed by atoms with Crippen molar-refractivity contribution in [2.24, 2.45) is 0 Å². The molecule has 1 N–H and O–H groups in total. The first-order chi connectivity index (χ1) is 13.3. The number of hydrogen-bond acceptors (Lipinski definition) is 1. The molecule has 1 aliphatic rings. The van der Waals surface area contributed by atoms with Gasteiger partial charge in [-0.15, -0.1) is 23.6 Å². The van der Waals surface area contributed by atoms with E-state index in [1.165, 1.54) is 22.2 Å². The summed E-state index contributed by atoms with van der Waals surface area (Å²) in [5.41, 5.74) is 5.13. The number of ether oxygens (including phenoxy) is 1. The highest BCUT2D eigenvalue weighted by Crippen LogP contribution is 2.29. The van der Waals surface area contributed by atoms with E-state index in [1.54, 1.807) is 4.90 Å². The summed E-state index contributed by atoms with van der Waals surface area (Å²) < 4.78 is 6.03. The fraction of sp³-hybridized carbons (Fsp3) is 0.167. The molecule has 2 heterocycles. The first-order valence-electron chi connectivity index (χ1n) is 9.54. The van der Waals surface area contributed by atoms with Crippen molar-refractivity contribution in [1.82, 2.24) is 4.98 Å². The summed E-state index contributed by atoms with van der Waals surface area (Å²) in [5, 5.41) is 1.24. The van der Waals surface area contributed by atoms with Gasteiger partial charge in [0.05, 0.1) is 6.54 Å². The third-order valence-electron chi connectivity index (χ3n) is 5.31. The molecule has 3 aromatic carbocycles. The number of para-hydroxylation sites is 1. The maximum atomic E-state index is 6.03. The Kier molecular flexibility index (Phi) is 5.38. The number of nitrogens with zero attached hydrogens (tertiary/aromatic N) is 1. The van der Waals surface area contributed by atoms with Gasteiger partial charge in [-0.3, -0.25) is 0 Å². The number of quaternary nitrogens is 1. The van der Waals surface area contributed by atoms with Crippen molar-refractivity contribution in [3.63, 3.8) is 0 Å².